The van der Waals surface area contributed by atoms with Crippen molar-refractivity contribution in [1.82, 2.24) is 9.78 Å². The van der Waals surface area contributed by atoms with Gasteiger partial charge in [-0.15, -0.1) is 0 Å². The molecule has 2 aromatic rings. The van der Waals surface area contributed by atoms with Crippen LogP contribution in [0, 0.1) is 12.7 Å². The normalized spacial score (nSPS) is 11.1. The van der Waals surface area contributed by atoms with Gasteiger partial charge in [-0.1, -0.05) is 11.6 Å². The van der Waals surface area contributed by atoms with E-state index in [1.54, 1.807) is 6.92 Å². The van der Waals surface area contributed by atoms with Gasteiger partial charge in [0, 0.05) is 5.56 Å². The highest BCUT2D eigenvalue weighted by Crippen LogP contribution is 2.24. The fraction of sp³-hybridized carbons (Fsp3) is 0.0769. The highest BCUT2D eigenvalue weighted by molar-refractivity contribution is 6.31. The lowest BCUT2D eigenvalue weighted by Crippen LogP contribution is -2.18. The molecule has 0 N–H and O–H groups in total. The van der Waals surface area contributed by atoms with E-state index < -0.39 is 5.97 Å². The van der Waals surface area contributed by atoms with Crippen molar-refractivity contribution >= 4 is 23.6 Å². The molecule has 0 bridgehead atoms. The summed E-state index contributed by atoms with van der Waals surface area (Å²) in [5, 5.41) is 14.8. The zero-order chi connectivity index (χ0) is 14.0. The minimum absolute atomic E-state index is 0.251. The molecule has 0 spiro atoms. The van der Waals surface area contributed by atoms with Gasteiger partial charge in [0.25, 0.3) is 0 Å². The van der Waals surface area contributed by atoms with Crippen molar-refractivity contribution < 1.29 is 14.3 Å². The summed E-state index contributed by atoms with van der Waals surface area (Å²) >= 11 is 6.13. The summed E-state index contributed by atoms with van der Waals surface area (Å²) in [5.41, 5.74) is 1.63. The predicted octanol–water partition coefficient (Wildman–Crippen LogP) is 1.74. The highest BCUT2D eigenvalue weighted by Gasteiger charge is 2.12. The number of halogens is 2. The van der Waals surface area contributed by atoms with Crippen LogP contribution in [0.2, 0.25) is 5.15 Å². The maximum Gasteiger partial charge on any atom is 0.140 e. The number of aromatic nitrogens is 2. The molecule has 0 unspecified atom stereocenters. The van der Waals surface area contributed by atoms with Crippen LogP contribution >= 0.6 is 11.6 Å². The van der Waals surface area contributed by atoms with E-state index in [9.17, 15) is 14.3 Å². The third-order valence-corrected chi connectivity index (χ3v) is 2.87. The van der Waals surface area contributed by atoms with Gasteiger partial charge < -0.3 is 9.90 Å². The molecule has 19 heavy (non-hydrogen) atoms. The molecule has 0 saturated heterocycles. The molecule has 0 amide bonds. The quantitative estimate of drug-likeness (QED) is 0.804. The van der Waals surface area contributed by atoms with Crippen molar-refractivity contribution in [3.63, 3.8) is 0 Å². The number of aryl methyl sites for hydroxylation is 1. The summed E-state index contributed by atoms with van der Waals surface area (Å²) in [6.07, 6.45) is 2.20. The van der Waals surface area contributed by atoms with E-state index in [0.717, 1.165) is 6.08 Å². The Morgan fingerprint density at radius 1 is 1.42 bits per heavy atom. The maximum atomic E-state index is 12.9. The smallest absolute Gasteiger partial charge is 0.140 e. The first-order chi connectivity index (χ1) is 8.99. The van der Waals surface area contributed by atoms with Gasteiger partial charge in [-0.3, -0.25) is 0 Å². The van der Waals surface area contributed by atoms with Crippen molar-refractivity contribution in [2.45, 2.75) is 6.92 Å². The molecule has 4 nitrogen and oxygen atoms in total. The Morgan fingerprint density at radius 2 is 2.05 bits per heavy atom. The van der Waals surface area contributed by atoms with E-state index in [0.29, 0.717) is 16.9 Å². The molecule has 2 rings (SSSR count). The summed E-state index contributed by atoms with van der Waals surface area (Å²) in [6, 6.07) is 5.64. The van der Waals surface area contributed by atoms with Gasteiger partial charge in [0.2, 0.25) is 0 Å². The first-order valence-corrected chi connectivity index (χ1v) is 5.77. The Labute approximate surface area is 113 Å². The van der Waals surface area contributed by atoms with E-state index in [4.69, 9.17) is 11.6 Å². The minimum Gasteiger partial charge on any atom is -0.545 e. The largest absolute Gasteiger partial charge is 0.545 e. The third-order valence-electron chi connectivity index (χ3n) is 2.51. The molecule has 0 aliphatic heterocycles. The third kappa shape index (κ3) is 2.82. The number of carboxylic acid groups (broad SMARTS) is 1. The molecule has 6 heteroatoms. The maximum absolute atomic E-state index is 12.9. The van der Waals surface area contributed by atoms with Gasteiger partial charge >= 0.3 is 0 Å². The first kappa shape index (κ1) is 13.3. The topological polar surface area (TPSA) is 58.0 Å². The number of carboxylic acids is 1. The molecule has 0 atom stereocenters. The molecule has 0 saturated carbocycles. The number of hydrogen-bond donors (Lipinski definition) is 0. The number of rotatable bonds is 3. The molecule has 0 aliphatic rings. The molecule has 1 aromatic heterocycles. The number of aliphatic carboxylic acids is 1. The SMILES string of the molecule is Cc1nn(-c2ccc(F)cc2)c(Cl)c1/C=C/C(=O)[O-]. The van der Waals surface area contributed by atoms with Crippen molar-refractivity contribution in [2.24, 2.45) is 0 Å². The zero-order valence-electron chi connectivity index (χ0n) is 9.93. The first-order valence-electron chi connectivity index (χ1n) is 5.39. The molecule has 1 heterocycles. The average molecular weight is 280 g/mol. The number of carbonyl (C=O) groups is 1. The Bertz CT molecular complexity index is 647. The molecule has 0 fully saturated rings. The molecular formula is C13H9ClFN2O2-. The second kappa shape index (κ2) is 5.24. The highest BCUT2D eigenvalue weighted by atomic mass is 35.5. The van der Waals surface area contributed by atoms with Crippen molar-refractivity contribution in [3.05, 3.63) is 52.6 Å². The lowest BCUT2D eigenvalue weighted by molar-refractivity contribution is -0.297. The van der Waals surface area contributed by atoms with Gasteiger partial charge in [-0.05, 0) is 43.3 Å². The van der Waals surface area contributed by atoms with Crippen LogP contribution < -0.4 is 5.11 Å². The van der Waals surface area contributed by atoms with Crippen LogP contribution in [-0.4, -0.2) is 15.7 Å². The fourth-order valence-corrected chi connectivity index (χ4v) is 1.94. The molecule has 0 aliphatic carbocycles. The molecular weight excluding hydrogens is 271 g/mol. The van der Waals surface area contributed by atoms with Gasteiger partial charge in [-0.2, -0.15) is 5.10 Å². The second-order valence-electron chi connectivity index (χ2n) is 3.83. The molecule has 98 valence electrons. The summed E-state index contributed by atoms with van der Waals surface area (Å²) in [5.74, 6) is -1.68. The van der Waals surface area contributed by atoms with Crippen LogP contribution in [0.15, 0.2) is 30.3 Å². The van der Waals surface area contributed by atoms with Crippen LogP contribution in [0.4, 0.5) is 4.39 Å². The fourth-order valence-electron chi connectivity index (χ4n) is 1.61. The van der Waals surface area contributed by atoms with Crippen LogP contribution in [-0.2, 0) is 4.79 Å². The lowest BCUT2D eigenvalue weighted by Gasteiger charge is -2.02. The van der Waals surface area contributed by atoms with Crippen molar-refractivity contribution in [2.75, 3.05) is 0 Å². The Hall–Kier alpha value is -2.14. The number of nitrogens with zero attached hydrogens (tertiary/aromatic N) is 2. The molecule has 0 radical (unpaired) electrons. The van der Waals surface area contributed by atoms with Crippen LogP contribution in [0.3, 0.4) is 0 Å². The van der Waals surface area contributed by atoms with Crippen LogP contribution in [0.25, 0.3) is 11.8 Å². The average Bonchev–Trinajstić information content (AvgIpc) is 2.63. The Morgan fingerprint density at radius 3 is 2.63 bits per heavy atom. The summed E-state index contributed by atoms with van der Waals surface area (Å²) in [4.78, 5) is 10.4. The number of benzene rings is 1. The van der Waals surface area contributed by atoms with Gasteiger partial charge in [0.05, 0.1) is 17.4 Å². The van der Waals surface area contributed by atoms with Gasteiger partial charge in [0.15, 0.2) is 0 Å². The standard InChI is InChI=1S/C13H10ClFN2O2/c1-8-11(6-7-12(18)19)13(14)17(16-8)10-4-2-9(15)3-5-10/h2-7H,1H3,(H,18,19)/p-1/b7-6+. The number of carbonyl (C=O) groups excluding carboxylic acids is 1. The van der Waals surface area contributed by atoms with E-state index in [1.807, 2.05) is 0 Å². The Balaban J connectivity index is 2.46. The monoisotopic (exact) mass is 279 g/mol. The zero-order valence-corrected chi connectivity index (χ0v) is 10.7. The van der Waals surface area contributed by atoms with Crippen molar-refractivity contribution in [3.8, 4) is 5.69 Å². The van der Waals surface area contributed by atoms with Crippen LogP contribution in [0.1, 0.15) is 11.3 Å². The minimum atomic E-state index is -1.31. The molecule has 1 aromatic carbocycles. The predicted molar refractivity (Wildman–Crippen MR) is 67.3 cm³/mol. The summed E-state index contributed by atoms with van der Waals surface area (Å²) in [7, 11) is 0. The number of hydrogen-bond acceptors (Lipinski definition) is 3. The summed E-state index contributed by atoms with van der Waals surface area (Å²) < 4.78 is 14.3. The van der Waals surface area contributed by atoms with Gasteiger partial charge in [0.1, 0.15) is 11.0 Å². The van der Waals surface area contributed by atoms with E-state index in [2.05, 4.69) is 5.10 Å². The van der Waals surface area contributed by atoms with Crippen molar-refractivity contribution in [1.29, 1.82) is 0 Å². The lowest BCUT2D eigenvalue weighted by atomic mass is 10.2. The Kier molecular flexibility index (Phi) is 3.66. The van der Waals surface area contributed by atoms with E-state index in [1.165, 1.54) is 35.0 Å². The summed E-state index contributed by atoms with van der Waals surface area (Å²) in [6.45, 7) is 1.70. The van der Waals surface area contributed by atoms with E-state index >= 15 is 0 Å². The van der Waals surface area contributed by atoms with Gasteiger partial charge in [-0.25, -0.2) is 9.07 Å². The second-order valence-corrected chi connectivity index (χ2v) is 4.19. The van der Waals surface area contributed by atoms with Crippen LogP contribution in [0.5, 0.6) is 0 Å². The van der Waals surface area contributed by atoms with E-state index in [-0.39, 0.29) is 11.0 Å².